The second kappa shape index (κ2) is 5.87. The quantitative estimate of drug-likeness (QED) is 0.872. The summed E-state index contributed by atoms with van der Waals surface area (Å²) in [5.74, 6) is -0.0248. The van der Waals surface area contributed by atoms with Gasteiger partial charge in [-0.05, 0) is 24.6 Å². The lowest BCUT2D eigenvalue weighted by molar-refractivity contribution is -0.130. The number of hydrogen-bond donors (Lipinski definition) is 1. The number of carbonyl (C=O) groups excluding carboxylic acids is 1. The molecule has 1 atom stereocenters. The molecular weight excluding hydrogens is 226 g/mol. The van der Waals surface area contributed by atoms with E-state index < -0.39 is 6.10 Å². The lowest BCUT2D eigenvalue weighted by atomic mass is 10.1. The van der Waals surface area contributed by atoms with Crippen molar-refractivity contribution in [2.75, 3.05) is 13.6 Å². The van der Waals surface area contributed by atoms with Crippen molar-refractivity contribution in [1.82, 2.24) is 4.90 Å². The van der Waals surface area contributed by atoms with Gasteiger partial charge in [-0.1, -0.05) is 23.7 Å². The van der Waals surface area contributed by atoms with Gasteiger partial charge in [-0.25, -0.2) is 0 Å². The van der Waals surface area contributed by atoms with Crippen LogP contribution in [0, 0.1) is 0 Å². The molecule has 4 heteroatoms. The number of benzene rings is 1. The van der Waals surface area contributed by atoms with Crippen LogP contribution in [-0.4, -0.2) is 35.6 Å². The van der Waals surface area contributed by atoms with Gasteiger partial charge in [0, 0.05) is 18.6 Å². The fourth-order valence-corrected chi connectivity index (χ4v) is 1.67. The SMILES string of the molecule is CC(O)CN(C)C(=O)Cc1cccc(Cl)c1. The first-order valence-corrected chi connectivity index (χ1v) is 5.53. The Kier molecular flexibility index (Phi) is 4.77. The number of aliphatic hydroxyl groups is 1. The molecule has 0 bridgehead atoms. The summed E-state index contributed by atoms with van der Waals surface area (Å²) in [7, 11) is 1.68. The summed E-state index contributed by atoms with van der Waals surface area (Å²) in [6.45, 7) is 2.00. The minimum absolute atomic E-state index is 0.0248. The van der Waals surface area contributed by atoms with Gasteiger partial charge >= 0.3 is 0 Å². The molecule has 1 unspecified atom stereocenters. The minimum Gasteiger partial charge on any atom is -0.392 e. The van der Waals surface area contributed by atoms with Crippen molar-refractivity contribution in [3.05, 3.63) is 34.9 Å². The van der Waals surface area contributed by atoms with Crippen LogP contribution < -0.4 is 0 Å². The van der Waals surface area contributed by atoms with E-state index in [1.807, 2.05) is 12.1 Å². The van der Waals surface area contributed by atoms with Crippen LogP contribution in [0.5, 0.6) is 0 Å². The molecule has 0 spiro atoms. The maximum absolute atomic E-state index is 11.7. The van der Waals surface area contributed by atoms with Crippen molar-refractivity contribution in [2.45, 2.75) is 19.4 Å². The highest BCUT2D eigenvalue weighted by atomic mass is 35.5. The average Bonchev–Trinajstić information content (AvgIpc) is 2.16. The largest absolute Gasteiger partial charge is 0.392 e. The Balaban J connectivity index is 2.57. The van der Waals surface area contributed by atoms with Gasteiger partial charge in [0.15, 0.2) is 0 Å². The van der Waals surface area contributed by atoms with E-state index >= 15 is 0 Å². The first kappa shape index (κ1) is 13.0. The van der Waals surface area contributed by atoms with Crippen LogP contribution in [0.1, 0.15) is 12.5 Å². The molecule has 0 heterocycles. The first-order valence-electron chi connectivity index (χ1n) is 5.15. The minimum atomic E-state index is -0.506. The molecule has 0 aromatic heterocycles. The number of aliphatic hydroxyl groups excluding tert-OH is 1. The van der Waals surface area contributed by atoms with Crippen LogP contribution in [0.4, 0.5) is 0 Å². The summed E-state index contributed by atoms with van der Waals surface area (Å²) in [5, 5.41) is 9.80. The van der Waals surface area contributed by atoms with Crippen LogP contribution in [0.3, 0.4) is 0 Å². The van der Waals surface area contributed by atoms with E-state index in [9.17, 15) is 4.79 Å². The monoisotopic (exact) mass is 241 g/mol. The van der Waals surface area contributed by atoms with Gasteiger partial charge in [0.25, 0.3) is 0 Å². The molecule has 0 fully saturated rings. The number of likely N-dealkylation sites (N-methyl/N-ethyl adjacent to an activating group) is 1. The topological polar surface area (TPSA) is 40.5 Å². The number of halogens is 1. The summed E-state index contributed by atoms with van der Waals surface area (Å²) < 4.78 is 0. The summed E-state index contributed by atoms with van der Waals surface area (Å²) in [6.07, 6.45) is -0.197. The van der Waals surface area contributed by atoms with Crippen molar-refractivity contribution in [2.24, 2.45) is 0 Å². The summed E-state index contributed by atoms with van der Waals surface area (Å²) in [5.41, 5.74) is 0.884. The van der Waals surface area contributed by atoms with Gasteiger partial charge in [-0.2, -0.15) is 0 Å². The highest BCUT2D eigenvalue weighted by molar-refractivity contribution is 6.30. The highest BCUT2D eigenvalue weighted by Crippen LogP contribution is 2.11. The molecule has 1 rings (SSSR count). The first-order chi connectivity index (χ1) is 7.49. The van der Waals surface area contributed by atoms with Crippen LogP contribution >= 0.6 is 11.6 Å². The normalized spacial score (nSPS) is 12.2. The number of amides is 1. The van der Waals surface area contributed by atoms with Gasteiger partial charge in [0.1, 0.15) is 0 Å². The fourth-order valence-electron chi connectivity index (χ4n) is 1.45. The molecule has 0 saturated carbocycles. The summed E-state index contributed by atoms with van der Waals surface area (Å²) in [6, 6.07) is 7.23. The smallest absolute Gasteiger partial charge is 0.226 e. The van der Waals surface area contributed by atoms with E-state index in [1.54, 1.807) is 26.1 Å². The number of nitrogens with zero attached hydrogens (tertiary/aromatic N) is 1. The second-order valence-electron chi connectivity index (χ2n) is 3.93. The molecular formula is C12H16ClNO2. The number of hydrogen-bond acceptors (Lipinski definition) is 2. The average molecular weight is 242 g/mol. The standard InChI is InChI=1S/C12H16ClNO2/c1-9(15)8-14(2)12(16)7-10-4-3-5-11(13)6-10/h3-6,9,15H,7-8H2,1-2H3. The fraction of sp³-hybridized carbons (Fsp3) is 0.417. The molecule has 1 aromatic rings. The Morgan fingerprint density at radius 3 is 2.81 bits per heavy atom. The maximum atomic E-state index is 11.7. The molecule has 0 aliphatic carbocycles. The summed E-state index contributed by atoms with van der Waals surface area (Å²) >= 11 is 5.83. The van der Waals surface area contributed by atoms with Crippen LogP contribution in [0.2, 0.25) is 5.02 Å². The summed E-state index contributed by atoms with van der Waals surface area (Å²) in [4.78, 5) is 13.3. The van der Waals surface area contributed by atoms with E-state index in [0.29, 0.717) is 18.0 Å². The van der Waals surface area contributed by atoms with E-state index in [4.69, 9.17) is 16.7 Å². The van der Waals surface area contributed by atoms with Crippen LogP contribution in [-0.2, 0) is 11.2 Å². The van der Waals surface area contributed by atoms with E-state index in [2.05, 4.69) is 0 Å². The Labute approximate surface area is 101 Å². The molecule has 88 valence electrons. The molecule has 0 aliphatic rings. The Bertz CT molecular complexity index is 366. The third kappa shape index (κ3) is 4.21. The Morgan fingerprint density at radius 2 is 2.25 bits per heavy atom. The Hall–Kier alpha value is -1.06. The van der Waals surface area contributed by atoms with Gasteiger partial charge < -0.3 is 10.0 Å². The third-order valence-corrected chi connectivity index (χ3v) is 2.44. The lowest BCUT2D eigenvalue weighted by Gasteiger charge is -2.18. The van der Waals surface area contributed by atoms with E-state index in [1.165, 1.54) is 4.90 Å². The molecule has 0 saturated heterocycles. The zero-order valence-corrected chi connectivity index (χ0v) is 10.2. The van der Waals surface area contributed by atoms with Crippen molar-refractivity contribution < 1.29 is 9.90 Å². The molecule has 1 N–H and O–H groups in total. The van der Waals surface area contributed by atoms with E-state index in [-0.39, 0.29) is 5.91 Å². The number of carbonyl (C=O) groups is 1. The predicted octanol–water partition coefficient (Wildman–Crippen LogP) is 1.72. The third-order valence-electron chi connectivity index (χ3n) is 2.21. The molecule has 1 amide bonds. The van der Waals surface area contributed by atoms with Crippen molar-refractivity contribution in [3.63, 3.8) is 0 Å². The molecule has 1 aromatic carbocycles. The van der Waals surface area contributed by atoms with Crippen molar-refractivity contribution in [1.29, 1.82) is 0 Å². The molecule has 3 nitrogen and oxygen atoms in total. The zero-order chi connectivity index (χ0) is 12.1. The van der Waals surface area contributed by atoms with E-state index in [0.717, 1.165) is 5.56 Å². The van der Waals surface area contributed by atoms with Gasteiger partial charge in [-0.15, -0.1) is 0 Å². The lowest BCUT2D eigenvalue weighted by Crippen LogP contribution is -2.34. The van der Waals surface area contributed by atoms with Gasteiger partial charge in [0.05, 0.1) is 12.5 Å². The van der Waals surface area contributed by atoms with Gasteiger partial charge in [0.2, 0.25) is 5.91 Å². The number of rotatable bonds is 4. The Morgan fingerprint density at radius 1 is 1.56 bits per heavy atom. The van der Waals surface area contributed by atoms with Crippen molar-refractivity contribution >= 4 is 17.5 Å². The van der Waals surface area contributed by atoms with Gasteiger partial charge in [-0.3, -0.25) is 4.79 Å². The highest BCUT2D eigenvalue weighted by Gasteiger charge is 2.11. The maximum Gasteiger partial charge on any atom is 0.226 e. The predicted molar refractivity (Wildman–Crippen MR) is 64.5 cm³/mol. The molecule has 0 radical (unpaired) electrons. The van der Waals surface area contributed by atoms with Crippen LogP contribution in [0.15, 0.2) is 24.3 Å². The van der Waals surface area contributed by atoms with Crippen molar-refractivity contribution in [3.8, 4) is 0 Å². The zero-order valence-electron chi connectivity index (χ0n) is 9.48. The molecule has 16 heavy (non-hydrogen) atoms. The van der Waals surface area contributed by atoms with Crippen LogP contribution in [0.25, 0.3) is 0 Å². The molecule has 0 aliphatic heterocycles. The second-order valence-corrected chi connectivity index (χ2v) is 4.37.